The first-order chi connectivity index (χ1) is 6.50. The average Bonchev–Trinajstić information content (AvgIpc) is 2.09. The number of hydrogen-bond donors (Lipinski definition) is 1. The fourth-order valence-corrected chi connectivity index (χ4v) is 1.07. The number of rotatable bonds is 3. The van der Waals surface area contributed by atoms with Crippen LogP contribution in [-0.2, 0) is 6.54 Å². The van der Waals surface area contributed by atoms with Gasteiger partial charge in [0.05, 0.1) is 12.7 Å². The second-order valence-corrected chi connectivity index (χ2v) is 3.96. The Bertz CT molecular complexity index is 357. The van der Waals surface area contributed by atoms with Gasteiger partial charge in [-0.05, 0) is 18.4 Å². The average molecular weight is 195 g/mol. The van der Waals surface area contributed by atoms with Gasteiger partial charge in [0.25, 0.3) is 5.56 Å². The highest BCUT2D eigenvalue weighted by molar-refractivity contribution is 5.02. The first kappa shape index (κ1) is 10.9. The molecule has 0 bridgehead atoms. The molecule has 14 heavy (non-hydrogen) atoms. The van der Waals surface area contributed by atoms with E-state index in [1.54, 1.807) is 12.3 Å². The minimum absolute atomic E-state index is 0.0251. The summed E-state index contributed by atoms with van der Waals surface area (Å²) in [4.78, 5) is 11.4. The van der Waals surface area contributed by atoms with Crippen molar-refractivity contribution in [2.45, 2.75) is 33.4 Å². The Morgan fingerprint density at radius 3 is 2.71 bits per heavy atom. The van der Waals surface area contributed by atoms with Crippen molar-refractivity contribution in [3.8, 4) is 0 Å². The predicted octanol–water partition coefficient (Wildman–Crippen LogP) is 0.535. The van der Waals surface area contributed by atoms with Crippen LogP contribution in [0.2, 0.25) is 0 Å². The molecule has 0 spiro atoms. The minimum atomic E-state index is -0.0823. The summed E-state index contributed by atoms with van der Waals surface area (Å²) < 4.78 is 1.41. The van der Waals surface area contributed by atoms with Crippen LogP contribution in [0.25, 0.3) is 0 Å². The molecule has 1 unspecified atom stereocenters. The van der Waals surface area contributed by atoms with Gasteiger partial charge in [0.15, 0.2) is 0 Å². The van der Waals surface area contributed by atoms with E-state index >= 15 is 0 Å². The maximum absolute atomic E-state index is 11.4. The quantitative estimate of drug-likeness (QED) is 0.765. The predicted molar refractivity (Wildman–Crippen MR) is 56.0 cm³/mol. The Morgan fingerprint density at radius 1 is 1.57 bits per heavy atom. The van der Waals surface area contributed by atoms with Crippen molar-refractivity contribution < 1.29 is 0 Å². The van der Waals surface area contributed by atoms with E-state index in [4.69, 9.17) is 5.73 Å². The van der Waals surface area contributed by atoms with Gasteiger partial charge in [-0.3, -0.25) is 4.79 Å². The molecule has 1 atom stereocenters. The second kappa shape index (κ2) is 4.37. The normalized spacial score (nSPS) is 13.2. The Balaban J connectivity index is 2.82. The SMILES string of the molecule is Cc1cnn(CC(N)C(C)C)c(=O)c1. The van der Waals surface area contributed by atoms with E-state index in [2.05, 4.69) is 5.10 Å². The molecule has 0 aliphatic rings. The smallest absolute Gasteiger partial charge is 0.267 e. The van der Waals surface area contributed by atoms with E-state index in [1.165, 1.54) is 4.68 Å². The van der Waals surface area contributed by atoms with Crippen LogP contribution in [-0.4, -0.2) is 15.8 Å². The standard InChI is InChI=1S/C10H17N3O/c1-7(2)9(11)6-13-10(14)4-8(3)5-12-13/h4-5,7,9H,6,11H2,1-3H3. The number of nitrogens with two attached hydrogens (primary N) is 1. The van der Waals surface area contributed by atoms with Gasteiger partial charge in [0, 0.05) is 12.1 Å². The number of aromatic nitrogens is 2. The fraction of sp³-hybridized carbons (Fsp3) is 0.600. The molecule has 0 aliphatic heterocycles. The zero-order valence-corrected chi connectivity index (χ0v) is 8.90. The number of nitrogens with zero attached hydrogens (tertiary/aromatic N) is 2. The summed E-state index contributed by atoms with van der Waals surface area (Å²) in [6.45, 7) is 6.39. The highest BCUT2D eigenvalue weighted by Crippen LogP contribution is 1.99. The molecule has 78 valence electrons. The van der Waals surface area contributed by atoms with Gasteiger partial charge in [0.2, 0.25) is 0 Å². The second-order valence-electron chi connectivity index (χ2n) is 3.96. The third-order valence-corrected chi connectivity index (χ3v) is 2.25. The lowest BCUT2D eigenvalue weighted by atomic mass is 10.1. The van der Waals surface area contributed by atoms with Crippen LogP contribution in [0.15, 0.2) is 17.1 Å². The van der Waals surface area contributed by atoms with Crippen molar-refractivity contribution in [2.24, 2.45) is 11.7 Å². The first-order valence-electron chi connectivity index (χ1n) is 4.80. The van der Waals surface area contributed by atoms with Crippen molar-refractivity contribution in [3.63, 3.8) is 0 Å². The van der Waals surface area contributed by atoms with Crippen LogP contribution in [0.1, 0.15) is 19.4 Å². The molecular formula is C10H17N3O. The Hall–Kier alpha value is -1.16. The monoisotopic (exact) mass is 195 g/mol. The van der Waals surface area contributed by atoms with Crippen LogP contribution >= 0.6 is 0 Å². The molecule has 4 heteroatoms. The lowest BCUT2D eigenvalue weighted by molar-refractivity contribution is 0.402. The highest BCUT2D eigenvalue weighted by atomic mass is 16.1. The molecule has 0 aliphatic carbocycles. The van der Waals surface area contributed by atoms with Gasteiger partial charge in [-0.25, -0.2) is 4.68 Å². The van der Waals surface area contributed by atoms with Crippen LogP contribution < -0.4 is 11.3 Å². The molecule has 1 rings (SSSR count). The zero-order chi connectivity index (χ0) is 10.7. The highest BCUT2D eigenvalue weighted by Gasteiger charge is 2.09. The van der Waals surface area contributed by atoms with Crippen molar-refractivity contribution in [1.29, 1.82) is 0 Å². The van der Waals surface area contributed by atoms with Crippen molar-refractivity contribution in [3.05, 3.63) is 28.2 Å². The van der Waals surface area contributed by atoms with Gasteiger partial charge in [0.1, 0.15) is 0 Å². The van der Waals surface area contributed by atoms with Crippen LogP contribution in [0.3, 0.4) is 0 Å². The lowest BCUT2D eigenvalue weighted by Gasteiger charge is -2.15. The molecule has 0 fully saturated rings. The molecule has 2 N–H and O–H groups in total. The van der Waals surface area contributed by atoms with Gasteiger partial charge in [-0.1, -0.05) is 13.8 Å². The van der Waals surface area contributed by atoms with E-state index in [0.717, 1.165) is 5.56 Å². The Labute approximate surface area is 83.7 Å². The third kappa shape index (κ3) is 2.67. The minimum Gasteiger partial charge on any atom is -0.326 e. The lowest BCUT2D eigenvalue weighted by Crippen LogP contribution is -2.36. The van der Waals surface area contributed by atoms with Crippen LogP contribution in [0.5, 0.6) is 0 Å². The summed E-state index contributed by atoms with van der Waals surface area (Å²) in [5.41, 5.74) is 6.65. The maximum atomic E-state index is 11.4. The third-order valence-electron chi connectivity index (χ3n) is 2.25. The molecule has 0 saturated carbocycles. The molecule has 0 saturated heterocycles. The summed E-state index contributed by atoms with van der Waals surface area (Å²) in [6.07, 6.45) is 1.68. The molecule has 0 amide bonds. The summed E-state index contributed by atoms with van der Waals surface area (Å²) in [5, 5.41) is 4.02. The van der Waals surface area contributed by atoms with E-state index < -0.39 is 0 Å². The van der Waals surface area contributed by atoms with Gasteiger partial charge in [-0.15, -0.1) is 0 Å². The molecule has 0 radical (unpaired) electrons. The Morgan fingerprint density at radius 2 is 2.21 bits per heavy atom. The molecule has 0 aromatic carbocycles. The van der Waals surface area contributed by atoms with Gasteiger partial charge < -0.3 is 5.73 Å². The van der Waals surface area contributed by atoms with Crippen LogP contribution in [0, 0.1) is 12.8 Å². The molecular weight excluding hydrogens is 178 g/mol. The van der Waals surface area contributed by atoms with E-state index in [-0.39, 0.29) is 11.6 Å². The van der Waals surface area contributed by atoms with E-state index in [1.807, 2.05) is 20.8 Å². The summed E-state index contributed by atoms with van der Waals surface area (Å²) in [5.74, 6) is 0.352. The summed E-state index contributed by atoms with van der Waals surface area (Å²) in [7, 11) is 0. The van der Waals surface area contributed by atoms with Crippen LogP contribution in [0.4, 0.5) is 0 Å². The van der Waals surface area contributed by atoms with Crippen molar-refractivity contribution >= 4 is 0 Å². The number of hydrogen-bond acceptors (Lipinski definition) is 3. The molecule has 1 heterocycles. The molecule has 1 aromatic rings. The summed E-state index contributed by atoms with van der Waals surface area (Å²) >= 11 is 0. The molecule has 1 aromatic heterocycles. The largest absolute Gasteiger partial charge is 0.326 e. The fourth-order valence-electron chi connectivity index (χ4n) is 1.07. The Kier molecular flexibility index (Phi) is 3.41. The van der Waals surface area contributed by atoms with Gasteiger partial charge in [-0.2, -0.15) is 5.10 Å². The summed E-state index contributed by atoms with van der Waals surface area (Å²) in [6, 6.07) is 1.54. The topological polar surface area (TPSA) is 60.9 Å². The maximum Gasteiger partial charge on any atom is 0.267 e. The zero-order valence-electron chi connectivity index (χ0n) is 8.90. The van der Waals surface area contributed by atoms with Gasteiger partial charge >= 0.3 is 0 Å². The molecule has 4 nitrogen and oxygen atoms in total. The first-order valence-corrected chi connectivity index (χ1v) is 4.80. The van der Waals surface area contributed by atoms with E-state index in [0.29, 0.717) is 12.5 Å². The number of aryl methyl sites for hydroxylation is 1. The van der Waals surface area contributed by atoms with E-state index in [9.17, 15) is 4.79 Å². The van der Waals surface area contributed by atoms with Crippen molar-refractivity contribution in [1.82, 2.24) is 9.78 Å². The van der Waals surface area contributed by atoms with Crippen molar-refractivity contribution in [2.75, 3.05) is 0 Å².